The maximum atomic E-state index is 11.9. The molecule has 0 aromatic carbocycles. The molecule has 1 aromatic rings. The molecule has 1 fully saturated rings. The zero-order valence-electron chi connectivity index (χ0n) is 9.00. The maximum absolute atomic E-state index is 11.9. The van der Waals surface area contributed by atoms with Crippen LogP contribution in [-0.4, -0.2) is 22.8 Å². The molecule has 7 heteroatoms. The molecular formula is C10H12F3N3O. The van der Waals surface area contributed by atoms with Crippen molar-refractivity contribution < 1.29 is 17.9 Å². The Bertz CT molecular complexity index is 404. The fourth-order valence-corrected chi connectivity index (χ4v) is 1.33. The molecule has 1 aliphatic carbocycles. The van der Waals surface area contributed by atoms with E-state index < -0.39 is 19.2 Å². The summed E-state index contributed by atoms with van der Waals surface area (Å²) in [6.45, 7) is -0.454. The molecule has 0 spiro atoms. The van der Waals surface area contributed by atoms with E-state index in [0.29, 0.717) is 5.82 Å². The van der Waals surface area contributed by atoms with Gasteiger partial charge in [0.05, 0.1) is 13.0 Å². The van der Waals surface area contributed by atoms with Gasteiger partial charge in [0.2, 0.25) is 5.88 Å². The standard InChI is InChI=1S/C10H12F3N3O/c11-10(12,13)3-4-17-8-5-7(14)15-9(16-8)6-1-2-6/h5-6H,1-4H2,(H2,14,15,16). The summed E-state index contributed by atoms with van der Waals surface area (Å²) in [5.41, 5.74) is 5.53. The van der Waals surface area contributed by atoms with Crippen molar-refractivity contribution in [3.05, 3.63) is 11.9 Å². The molecular weight excluding hydrogens is 235 g/mol. The van der Waals surface area contributed by atoms with Gasteiger partial charge in [0.1, 0.15) is 11.6 Å². The van der Waals surface area contributed by atoms with Gasteiger partial charge in [0.25, 0.3) is 0 Å². The number of nitrogen functional groups attached to an aromatic ring is 1. The molecule has 0 aliphatic heterocycles. The molecule has 4 nitrogen and oxygen atoms in total. The van der Waals surface area contributed by atoms with Crippen LogP contribution >= 0.6 is 0 Å². The zero-order valence-corrected chi connectivity index (χ0v) is 9.00. The lowest BCUT2D eigenvalue weighted by Crippen LogP contribution is -2.14. The fraction of sp³-hybridized carbons (Fsp3) is 0.600. The highest BCUT2D eigenvalue weighted by atomic mass is 19.4. The Balaban J connectivity index is 1.95. The number of nitrogens with zero attached hydrogens (tertiary/aromatic N) is 2. The third kappa shape index (κ3) is 3.76. The first kappa shape index (κ1) is 11.9. The van der Waals surface area contributed by atoms with E-state index in [2.05, 4.69) is 9.97 Å². The van der Waals surface area contributed by atoms with Gasteiger partial charge in [0.15, 0.2) is 0 Å². The molecule has 1 aliphatic rings. The Kier molecular flexibility index (Phi) is 3.08. The summed E-state index contributed by atoms with van der Waals surface area (Å²) >= 11 is 0. The second kappa shape index (κ2) is 4.38. The summed E-state index contributed by atoms with van der Waals surface area (Å²) in [7, 11) is 0. The van der Waals surface area contributed by atoms with E-state index in [1.807, 2.05) is 0 Å². The molecule has 0 radical (unpaired) electrons. The Morgan fingerprint density at radius 1 is 1.35 bits per heavy atom. The van der Waals surface area contributed by atoms with Gasteiger partial charge in [0, 0.05) is 12.0 Å². The Labute approximate surface area is 96.0 Å². The van der Waals surface area contributed by atoms with Crippen molar-refractivity contribution in [2.45, 2.75) is 31.4 Å². The van der Waals surface area contributed by atoms with Gasteiger partial charge in [-0.3, -0.25) is 0 Å². The van der Waals surface area contributed by atoms with Crippen molar-refractivity contribution in [2.24, 2.45) is 0 Å². The average molecular weight is 247 g/mol. The predicted molar refractivity (Wildman–Crippen MR) is 54.6 cm³/mol. The summed E-state index contributed by atoms with van der Waals surface area (Å²) in [5.74, 6) is 1.18. The summed E-state index contributed by atoms with van der Waals surface area (Å²) in [5, 5.41) is 0. The molecule has 1 saturated carbocycles. The number of anilines is 1. The molecule has 94 valence electrons. The van der Waals surface area contributed by atoms with Crippen LogP contribution in [0.3, 0.4) is 0 Å². The molecule has 0 atom stereocenters. The predicted octanol–water partition coefficient (Wildman–Crippen LogP) is 2.27. The summed E-state index contributed by atoms with van der Waals surface area (Å²) in [4.78, 5) is 8.05. The Hall–Kier alpha value is -1.53. The number of halogens is 3. The van der Waals surface area contributed by atoms with Crippen LogP contribution in [0.25, 0.3) is 0 Å². The van der Waals surface area contributed by atoms with Crippen LogP contribution in [-0.2, 0) is 0 Å². The van der Waals surface area contributed by atoms with Crippen LogP contribution in [0.4, 0.5) is 19.0 Å². The molecule has 0 bridgehead atoms. The highest BCUT2D eigenvalue weighted by Crippen LogP contribution is 2.38. The lowest BCUT2D eigenvalue weighted by atomic mass is 10.4. The molecule has 0 saturated heterocycles. The van der Waals surface area contributed by atoms with E-state index in [1.54, 1.807) is 0 Å². The van der Waals surface area contributed by atoms with Crippen molar-refractivity contribution in [1.82, 2.24) is 9.97 Å². The maximum Gasteiger partial charge on any atom is 0.392 e. The quantitative estimate of drug-likeness (QED) is 0.886. The average Bonchev–Trinajstić information content (AvgIpc) is 2.97. The minimum absolute atomic E-state index is 0.114. The minimum atomic E-state index is -4.22. The second-order valence-electron chi connectivity index (χ2n) is 3.98. The first-order valence-corrected chi connectivity index (χ1v) is 5.28. The smallest absolute Gasteiger partial charge is 0.392 e. The van der Waals surface area contributed by atoms with Crippen molar-refractivity contribution in [2.75, 3.05) is 12.3 Å². The van der Waals surface area contributed by atoms with Crippen LogP contribution < -0.4 is 10.5 Å². The topological polar surface area (TPSA) is 61.0 Å². The van der Waals surface area contributed by atoms with Crippen LogP contribution in [0.5, 0.6) is 5.88 Å². The van der Waals surface area contributed by atoms with Crippen LogP contribution in [0.15, 0.2) is 6.07 Å². The zero-order chi connectivity index (χ0) is 12.5. The van der Waals surface area contributed by atoms with E-state index in [0.717, 1.165) is 12.8 Å². The summed E-state index contributed by atoms with van der Waals surface area (Å²) in [6, 6.07) is 1.34. The van der Waals surface area contributed by atoms with E-state index in [1.165, 1.54) is 6.07 Å². The van der Waals surface area contributed by atoms with Crippen molar-refractivity contribution in [1.29, 1.82) is 0 Å². The van der Waals surface area contributed by atoms with Gasteiger partial charge in [-0.25, -0.2) is 4.98 Å². The molecule has 17 heavy (non-hydrogen) atoms. The largest absolute Gasteiger partial charge is 0.477 e. The number of ether oxygens (including phenoxy) is 1. The number of aromatic nitrogens is 2. The second-order valence-corrected chi connectivity index (χ2v) is 3.98. The van der Waals surface area contributed by atoms with Crippen molar-refractivity contribution in [3.8, 4) is 5.88 Å². The van der Waals surface area contributed by atoms with Gasteiger partial charge in [-0.2, -0.15) is 18.2 Å². The highest BCUT2D eigenvalue weighted by Gasteiger charge is 2.28. The first-order chi connectivity index (χ1) is 7.94. The van der Waals surface area contributed by atoms with Crippen LogP contribution in [0.1, 0.15) is 31.0 Å². The summed E-state index contributed by atoms with van der Waals surface area (Å²) < 4.78 is 40.7. The van der Waals surface area contributed by atoms with E-state index in [4.69, 9.17) is 10.5 Å². The van der Waals surface area contributed by atoms with Crippen molar-refractivity contribution in [3.63, 3.8) is 0 Å². The molecule has 1 heterocycles. The van der Waals surface area contributed by atoms with Gasteiger partial charge in [-0.1, -0.05) is 0 Å². The van der Waals surface area contributed by atoms with Crippen LogP contribution in [0.2, 0.25) is 0 Å². The third-order valence-corrected chi connectivity index (χ3v) is 2.32. The van der Waals surface area contributed by atoms with E-state index >= 15 is 0 Å². The Morgan fingerprint density at radius 2 is 2.06 bits per heavy atom. The molecule has 2 rings (SSSR count). The number of hydrogen-bond donors (Lipinski definition) is 1. The van der Waals surface area contributed by atoms with E-state index in [-0.39, 0.29) is 17.6 Å². The van der Waals surface area contributed by atoms with Gasteiger partial charge in [-0.05, 0) is 12.8 Å². The van der Waals surface area contributed by atoms with Gasteiger partial charge in [-0.15, -0.1) is 0 Å². The molecule has 0 amide bonds. The number of nitrogens with two attached hydrogens (primary N) is 1. The lowest BCUT2D eigenvalue weighted by molar-refractivity contribution is -0.139. The number of hydrogen-bond acceptors (Lipinski definition) is 4. The van der Waals surface area contributed by atoms with E-state index in [9.17, 15) is 13.2 Å². The third-order valence-electron chi connectivity index (χ3n) is 2.32. The SMILES string of the molecule is Nc1cc(OCCC(F)(F)F)nc(C2CC2)n1. The molecule has 1 aromatic heterocycles. The number of alkyl halides is 3. The number of rotatable bonds is 4. The van der Waals surface area contributed by atoms with Crippen molar-refractivity contribution >= 4 is 5.82 Å². The first-order valence-electron chi connectivity index (χ1n) is 5.28. The Morgan fingerprint density at radius 3 is 2.65 bits per heavy atom. The lowest BCUT2D eigenvalue weighted by Gasteiger charge is -2.09. The summed E-state index contributed by atoms with van der Waals surface area (Å²) in [6.07, 6.45) is -3.25. The molecule has 0 unspecified atom stereocenters. The van der Waals surface area contributed by atoms with Crippen LogP contribution in [0, 0.1) is 0 Å². The fourth-order valence-electron chi connectivity index (χ4n) is 1.33. The van der Waals surface area contributed by atoms with Gasteiger partial charge >= 0.3 is 6.18 Å². The normalized spacial score (nSPS) is 15.9. The minimum Gasteiger partial charge on any atom is -0.477 e. The highest BCUT2D eigenvalue weighted by molar-refractivity contribution is 5.34. The van der Waals surface area contributed by atoms with Gasteiger partial charge < -0.3 is 10.5 Å². The monoisotopic (exact) mass is 247 g/mol. The molecule has 2 N–H and O–H groups in total.